The minimum atomic E-state index is 0.0482. The number of nitrogens with one attached hydrogen (secondary N) is 1. The highest BCUT2D eigenvalue weighted by molar-refractivity contribution is 5.97. The number of likely N-dealkylation sites (N-methyl/N-ethyl adjacent to an activating group) is 1. The number of benzene rings is 2. The molecule has 5 heterocycles. The number of morpholine rings is 1. The number of ether oxygens (including phenoxy) is 2. The highest BCUT2D eigenvalue weighted by atomic mass is 16.5. The Bertz CT molecular complexity index is 1510. The van der Waals surface area contributed by atoms with Crippen molar-refractivity contribution in [3.05, 3.63) is 65.9 Å². The molecule has 0 radical (unpaired) electrons. The van der Waals surface area contributed by atoms with Gasteiger partial charge in [0.25, 0.3) is 5.91 Å². The van der Waals surface area contributed by atoms with Crippen molar-refractivity contribution in [1.29, 1.82) is 0 Å². The van der Waals surface area contributed by atoms with E-state index in [4.69, 9.17) is 9.47 Å². The zero-order valence-corrected chi connectivity index (χ0v) is 22.1. The van der Waals surface area contributed by atoms with Gasteiger partial charge in [-0.05, 0) is 42.9 Å². The first-order valence-corrected chi connectivity index (χ1v) is 13.6. The van der Waals surface area contributed by atoms with Crippen LogP contribution in [0.1, 0.15) is 15.9 Å². The average Bonchev–Trinajstić information content (AvgIpc) is 3.32. The zero-order valence-electron chi connectivity index (χ0n) is 22.1. The van der Waals surface area contributed by atoms with Gasteiger partial charge in [0.2, 0.25) is 0 Å². The molecular formula is C30H32N6O3. The maximum atomic E-state index is 12.9. The fourth-order valence-corrected chi connectivity index (χ4v) is 5.96. The largest absolute Gasteiger partial charge is 0.378 e. The zero-order chi connectivity index (χ0) is 26.3. The fourth-order valence-electron chi connectivity index (χ4n) is 5.96. The number of amides is 1. The van der Waals surface area contributed by atoms with Crippen LogP contribution in [0, 0.1) is 0 Å². The Balaban J connectivity index is 1.17. The number of anilines is 1. The first-order chi connectivity index (χ1) is 19.1. The first kappa shape index (κ1) is 24.3. The summed E-state index contributed by atoms with van der Waals surface area (Å²) >= 11 is 0. The highest BCUT2D eigenvalue weighted by Gasteiger charge is 2.29. The van der Waals surface area contributed by atoms with Crippen molar-refractivity contribution in [2.45, 2.75) is 12.6 Å². The van der Waals surface area contributed by atoms with Crippen molar-refractivity contribution >= 4 is 22.6 Å². The minimum absolute atomic E-state index is 0.0482. The van der Waals surface area contributed by atoms with E-state index in [9.17, 15) is 4.79 Å². The summed E-state index contributed by atoms with van der Waals surface area (Å²) in [6.07, 6.45) is 1.96. The van der Waals surface area contributed by atoms with E-state index in [1.54, 1.807) is 0 Å². The molecule has 1 unspecified atom stereocenters. The van der Waals surface area contributed by atoms with Crippen LogP contribution in [0.5, 0.6) is 0 Å². The molecule has 0 aliphatic carbocycles. The summed E-state index contributed by atoms with van der Waals surface area (Å²) in [6, 6.07) is 16.8. The number of hydrogen-bond acceptors (Lipinski definition) is 7. The summed E-state index contributed by atoms with van der Waals surface area (Å²) in [4.78, 5) is 22.8. The third kappa shape index (κ3) is 4.56. The maximum absolute atomic E-state index is 12.9. The molecule has 39 heavy (non-hydrogen) atoms. The third-order valence-electron chi connectivity index (χ3n) is 8.12. The van der Waals surface area contributed by atoms with Crippen LogP contribution in [-0.2, 0) is 16.1 Å². The minimum Gasteiger partial charge on any atom is -0.378 e. The Kier molecular flexibility index (Phi) is 6.27. The molecule has 2 aromatic carbocycles. The molecule has 0 spiro atoms. The second kappa shape index (κ2) is 10.1. The lowest BCUT2D eigenvalue weighted by Crippen LogP contribution is -2.53. The van der Waals surface area contributed by atoms with E-state index in [0.717, 1.165) is 59.7 Å². The monoisotopic (exact) mass is 524 g/mol. The number of rotatable bonds is 3. The lowest BCUT2D eigenvalue weighted by Gasteiger charge is -2.40. The number of nitrogens with zero attached hydrogens (tertiary/aromatic N) is 5. The Labute approximate surface area is 227 Å². The second-order valence-electron chi connectivity index (χ2n) is 10.6. The van der Waals surface area contributed by atoms with Gasteiger partial charge < -0.3 is 29.2 Å². The lowest BCUT2D eigenvalue weighted by molar-refractivity contribution is 0.0303. The van der Waals surface area contributed by atoms with Gasteiger partial charge in [0.1, 0.15) is 0 Å². The maximum Gasteiger partial charge on any atom is 0.254 e. The van der Waals surface area contributed by atoms with Gasteiger partial charge in [0.15, 0.2) is 5.65 Å². The van der Waals surface area contributed by atoms with E-state index >= 15 is 0 Å². The number of piperazine rings is 1. The van der Waals surface area contributed by atoms with Crippen molar-refractivity contribution in [1.82, 2.24) is 25.0 Å². The Morgan fingerprint density at radius 3 is 2.62 bits per heavy atom. The van der Waals surface area contributed by atoms with Crippen LogP contribution in [0.3, 0.4) is 0 Å². The van der Waals surface area contributed by atoms with E-state index in [1.807, 2.05) is 35.4 Å². The van der Waals surface area contributed by atoms with Gasteiger partial charge in [-0.1, -0.05) is 18.2 Å². The van der Waals surface area contributed by atoms with Gasteiger partial charge in [-0.25, -0.2) is 0 Å². The molecule has 9 heteroatoms. The van der Waals surface area contributed by atoms with Crippen molar-refractivity contribution in [2.75, 3.05) is 64.5 Å². The molecule has 200 valence electrons. The van der Waals surface area contributed by atoms with E-state index in [2.05, 4.69) is 56.3 Å². The van der Waals surface area contributed by atoms with Crippen LogP contribution in [0.2, 0.25) is 0 Å². The van der Waals surface area contributed by atoms with Gasteiger partial charge >= 0.3 is 0 Å². The van der Waals surface area contributed by atoms with Gasteiger partial charge in [-0.15, -0.1) is 10.2 Å². The number of carbonyl (C=O) groups is 1. The standard InChI is InChI=1S/C30H32N6O3/c1-34-8-9-36-24(17-34)19-39-18-23-14-22(6-7-28(23)36)27-15-25-26(16-31-29(25)33-32-27)20-2-4-21(5-3-20)30(37)35-10-12-38-13-11-35/h2-7,14-16,24H,8-13,17-19H2,1H3,(H,31,33). The summed E-state index contributed by atoms with van der Waals surface area (Å²) in [5, 5.41) is 10.0. The summed E-state index contributed by atoms with van der Waals surface area (Å²) in [5.41, 5.74) is 7.78. The van der Waals surface area contributed by atoms with Crippen LogP contribution < -0.4 is 4.90 Å². The fraction of sp³-hybridized carbons (Fsp3) is 0.367. The van der Waals surface area contributed by atoms with E-state index < -0.39 is 0 Å². The summed E-state index contributed by atoms with van der Waals surface area (Å²) < 4.78 is 11.5. The van der Waals surface area contributed by atoms with Crippen LogP contribution in [0.25, 0.3) is 33.4 Å². The molecule has 0 saturated carbocycles. The van der Waals surface area contributed by atoms with Crippen LogP contribution in [-0.4, -0.2) is 96.5 Å². The summed E-state index contributed by atoms with van der Waals surface area (Å²) in [5.74, 6) is 0.0482. The van der Waals surface area contributed by atoms with Crippen molar-refractivity contribution in [2.24, 2.45) is 0 Å². The molecule has 2 fully saturated rings. The van der Waals surface area contributed by atoms with E-state index in [0.29, 0.717) is 44.5 Å². The van der Waals surface area contributed by atoms with Gasteiger partial charge in [-0.2, -0.15) is 0 Å². The number of hydrogen-bond donors (Lipinski definition) is 1. The highest BCUT2D eigenvalue weighted by Crippen LogP contribution is 2.34. The molecular weight excluding hydrogens is 492 g/mol. The van der Waals surface area contributed by atoms with Crippen LogP contribution in [0.15, 0.2) is 54.7 Å². The van der Waals surface area contributed by atoms with Gasteiger partial charge in [-0.3, -0.25) is 4.79 Å². The normalized spacial score (nSPS) is 20.0. The molecule has 7 rings (SSSR count). The number of aromatic nitrogens is 3. The molecule has 2 aromatic heterocycles. The third-order valence-corrected chi connectivity index (χ3v) is 8.12. The molecule has 2 saturated heterocycles. The predicted octanol–water partition coefficient (Wildman–Crippen LogP) is 3.41. The molecule has 3 aliphatic heterocycles. The van der Waals surface area contributed by atoms with Crippen molar-refractivity contribution in [3.8, 4) is 22.4 Å². The Hall–Kier alpha value is -3.79. The van der Waals surface area contributed by atoms with Crippen LogP contribution >= 0.6 is 0 Å². The Morgan fingerprint density at radius 2 is 1.77 bits per heavy atom. The molecule has 3 aliphatic rings. The first-order valence-electron chi connectivity index (χ1n) is 13.6. The van der Waals surface area contributed by atoms with Crippen molar-refractivity contribution < 1.29 is 14.3 Å². The smallest absolute Gasteiger partial charge is 0.254 e. The number of carbonyl (C=O) groups excluding carboxylic acids is 1. The average molecular weight is 525 g/mol. The van der Waals surface area contributed by atoms with E-state index in [-0.39, 0.29) is 5.91 Å². The molecule has 9 nitrogen and oxygen atoms in total. The van der Waals surface area contributed by atoms with E-state index in [1.165, 1.54) is 11.3 Å². The number of fused-ring (bicyclic) bond motifs is 4. The predicted molar refractivity (Wildman–Crippen MR) is 150 cm³/mol. The quantitative estimate of drug-likeness (QED) is 0.440. The van der Waals surface area contributed by atoms with Crippen molar-refractivity contribution in [3.63, 3.8) is 0 Å². The lowest BCUT2D eigenvalue weighted by atomic mass is 10.0. The number of H-pyrrole nitrogens is 1. The number of aromatic amines is 1. The summed E-state index contributed by atoms with van der Waals surface area (Å²) in [6.45, 7) is 6.87. The van der Waals surface area contributed by atoms with Crippen LogP contribution in [0.4, 0.5) is 5.69 Å². The Morgan fingerprint density at radius 1 is 0.949 bits per heavy atom. The van der Waals surface area contributed by atoms with Gasteiger partial charge in [0, 0.05) is 72.2 Å². The SMILES string of the molecule is CN1CCN2c3ccc(-c4cc5c(-c6ccc(C(=O)N7CCOCC7)cc6)c[nH]c5nn4)cc3COCC2C1. The topological polar surface area (TPSA) is 86.8 Å². The molecule has 1 atom stereocenters. The summed E-state index contributed by atoms with van der Waals surface area (Å²) in [7, 11) is 2.18. The van der Waals surface area contributed by atoms with Gasteiger partial charge in [0.05, 0.1) is 38.2 Å². The second-order valence-corrected chi connectivity index (χ2v) is 10.6. The molecule has 1 N–H and O–H groups in total. The molecule has 1 amide bonds. The molecule has 4 aromatic rings. The molecule has 0 bridgehead atoms.